The molecule has 1 aromatic carbocycles. The molecule has 5 heteroatoms. The van der Waals surface area contributed by atoms with Crippen LogP contribution in [0.3, 0.4) is 0 Å². The van der Waals surface area contributed by atoms with E-state index in [2.05, 4.69) is 10.3 Å². The summed E-state index contributed by atoms with van der Waals surface area (Å²) in [6, 6.07) is 7.34. The third-order valence-electron chi connectivity index (χ3n) is 2.47. The van der Waals surface area contributed by atoms with E-state index in [1.807, 2.05) is 19.1 Å². The lowest BCUT2D eigenvalue weighted by atomic mass is 10.1. The fourth-order valence-corrected chi connectivity index (χ4v) is 2.29. The van der Waals surface area contributed by atoms with Gasteiger partial charge < -0.3 is 11.1 Å². The van der Waals surface area contributed by atoms with E-state index >= 15 is 0 Å². The molecule has 0 saturated carbocycles. The Kier molecular flexibility index (Phi) is 3.94. The molecule has 0 spiro atoms. The zero-order chi connectivity index (χ0) is 13.0. The van der Waals surface area contributed by atoms with Gasteiger partial charge in [0.05, 0.1) is 18.0 Å². The number of amides is 1. The van der Waals surface area contributed by atoms with Gasteiger partial charge in [-0.25, -0.2) is 4.98 Å². The predicted molar refractivity (Wildman–Crippen MR) is 73.3 cm³/mol. The van der Waals surface area contributed by atoms with Crippen LogP contribution >= 0.6 is 11.3 Å². The highest BCUT2D eigenvalue weighted by molar-refractivity contribution is 7.11. The van der Waals surface area contributed by atoms with Gasteiger partial charge in [-0.3, -0.25) is 4.79 Å². The predicted octanol–water partition coefficient (Wildman–Crippen LogP) is 1.89. The van der Waals surface area contributed by atoms with Crippen LogP contribution in [0.4, 0.5) is 5.69 Å². The number of nitrogens with two attached hydrogens (primary N) is 1. The first kappa shape index (κ1) is 12.6. The van der Waals surface area contributed by atoms with Crippen LogP contribution in [0.1, 0.15) is 15.4 Å². The van der Waals surface area contributed by atoms with Crippen molar-refractivity contribution in [2.24, 2.45) is 0 Å². The largest absolute Gasteiger partial charge is 0.399 e. The SMILES string of the molecule is Cc1ncc(CNC(=O)Cc2ccc(N)cc2)s1. The third-order valence-corrected chi connectivity index (χ3v) is 3.39. The number of nitrogen functional groups attached to an aromatic ring is 1. The molecule has 1 aromatic heterocycles. The molecule has 0 aliphatic rings. The molecule has 94 valence electrons. The molecule has 1 amide bonds. The molecule has 1 heterocycles. The normalized spacial score (nSPS) is 10.3. The molecular weight excluding hydrogens is 246 g/mol. The number of benzene rings is 1. The standard InChI is InChI=1S/C13H15N3OS/c1-9-15-7-12(18-9)8-16-13(17)6-10-2-4-11(14)5-3-10/h2-5,7H,6,8,14H2,1H3,(H,16,17). The van der Waals surface area contributed by atoms with Gasteiger partial charge in [-0.05, 0) is 24.6 Å². The quantitative estimate of drug-likeness (QED) is 0.826. The second-order valence-corrected chi connectivity index (χ2v) is 5.36. The van der Waals surface area contributed by atoms with Crippen molar-refractivity contribution in [3.63, 3.8) is 0 Å². The summed E-state index contributed by atoms with van der Waals surface area (Å²) in [4.78, 5) is 16.9. The van der Waals surface area contributed by atoms with Crippen LogP contribution in [0.5, 0.6) is 0 Å². The zero-order valence-electron chi connectivity index (χ0n) is 10.1. The van der Waals surface area contributed by atoms with Gasteiger partial charge in [0, 0.05) is 16.8 Å². The molecule has 0 unspecified atom stereocenters. The van der Waals surface area contributed by atoms with E-state index in [-0.39, 0.29) is 5.91 Å². The van der Waals surface area contributed by atoms with E-state index in [4.69, 9.17) is 5.73 Å². The molecule has 0 aliphatic heterocycles. The van der Waals surface area contributed by atoms with E-state index in [9.17, 15) is 4.79 Å². The van der Waals surface area contributed by atoms with Crippen LogP contribution in [-0.2, 0) is 17.8 Å². The number of thiazole rings is 1. The van der Waals surface area contributed by atoms with Crippen molar-refractivity contribution < 1.29 is 4.79 Å². The molecular formula is C13H15N3OS. The van der Waals surface area contributed by atoms with Gasteiger partial charge >= 0.3 is 0 Å². The van der Waals surface area contributed by atoms with E-state index < -0.39 is 0 Å². The molecule has 2 aromatic rings. The first-order valence-corrected chi connectivity index (χ1v) is 6.47. The second-order valence-electron chi connectivity index (χ2n) is 4.04. The summed E-state index contributed by atoms with van der Waals surface area (Å²) in [5.41, 5.74) is 7.26. The highest BCUT2D eigenvalue weighted by Crippen LogP contribution is 2.11. The maximum Gasteiger partial charge on any atom is 0.224 e. The number of rotatable bonds is 4. The molecule has 18 heavy (non-hydrogen) atoms. The topological polar surface area (TPSA) is 68.0 Å². The number of aryl methyl sites for hydroxylation is 1. The number of hydrogen-bond donors (Lipinski definition) is 2. The molecule has 0 radical (unpaired) electrons. The number of carbonyl (C=O) groups excluding carboxylic acids is 1. The number of carbonyl (C=O) groups is 1. The average molecular weight is 261 g/mol. The van der Waals surface area contributed by atoms with Crippen LogP contribution in [-0.4, -0.2) is 10.9 Å². The first-order chi connectivity index (χ1) is 8.63. The van der Waals surface area contributed by atoms with E-state index in [1.165, 1.54) is 0 Å². The van der Waals surface area contributed by atoms with Crippen LogP contribution in [0.2, 0.25) is 0 Å². The van der Waals surface area contributed by atoms with Gasteiger partial charge in [0.1, 0.15) is 0 Å². The van der Waals surface area contributed by atoms with Gasteiger partial charge in [-0.2, -0.15) is 0 Å². The van der Waals surface area contributed by atoms with Crippen LogP contribution in [0, 0.1) is 6.92 Å². The number of aromatic nitrogens is 1. The third kappa shape index (κ3) is 3.56. The lowest BCUT2D eigenvalue weighted by molar-refractivity contribution is -0.120. The van der Waals surface area contributed by atoms with E-state index in [0.717, 1.165) is 15.4 Å². The Bertz CT molecular complexity index is 533. The minimum Gasteiger partial charge on any atom is -0.399 e. The molecule has 0 bridgehead atoms. The van der Waals surface area contributed by atoms with Crippen molar-refractivity contribution in [2.45, 2.75) is 19.9 Å². The second kappa shape index (κ2) is 5.64. The summed E-state index contributed by atoms with van der Waals surface area (Å²) in [7, 11) is 0. The summed E-state index contributed by atoms with van der Waals surface area (Å²) >= 11 is 1.60. The Balaban J connectivity index is 1.83. The van der Waals surface area contributed by atoms with Gasteiger partial charge in [-0.15, -0.1) is 11.3 Å². The smallest absolute Gasteiger partial charge is 0.224 e. The number of anilines is 1. The lowest BCUT2D eigenvalue weighted by Crippen LogP contribution is -2.24. The molecule has 0 saturated heterocycles. The van der Waals surface area contributed by atoms with Crippen molar-refractivity contribution >= 4 is 22.9 Å². The molecule has 0 aliphatic carbocycles. The van der Waals surface area contributed by atoms with Gasteiger partial charge in [-0.1, -0.05) is 12.1 Å². The van der Waals surface area contributed by atoms with Crippen molar-refractivity contribution in [2.75, 3.05) is 5.73 Å². The fraction of sp³-hybridized carbons (Fsp3) is 0.231. The van der Waals surface area contributed by atoms with Crippen LogP contribution in [0.25, 0.3) is 0 Å². The summed E-state index contributed by atoms with van der Waals surface area (Å²) in [5, 5.41) is 3.89. The molecule has 4 nitrogen and oxygen atoms in total. The fourth-order valence-electron chi connectivity index (χ4n) is 1.56. The van der Waals surface area contributed by atoms with Crippen LogP contribution in [0.15, 0.2) is 30.5 Å². The highest BCUT2D eigenvalue weighted by atomic mass is 32.1. The Morgan fingerprint density at radius 3 is 2.72 bits per heavy atom. The Morgan fingerprint density at radius 2 is 2.11 bits per heavy atom. The minimum absolute atomic E-state index is 0.00539. The Morgan fingerprint density at radius 1 is 1.39 bits per heavy atom. The summed E-state index contributed by atoms with van der Waals surface area (Å²) in [6.45, 7) is 2.49. The van der Waals surface area contributed by atoms with Crippen molar-refractivity contribution in [1.82, 2.24) is 10.3 Å². The van der Waals surface area contributed by atoms with Crippen molar-refractivity contribution in [1.29, 1.82) is 0 Å². The maximum atomic E-state index is 11.7. The van der Waals surface area contributed by atoms with Gasteiger partial charge in [0.2, 0.25) is 5.91 Å². The summed E-state index contributed by atoms with van der Waals surface area (Å²) < 4.78 is 0. The van der Waals surface area contributed by atoms with E-state index in [1.54, 1.807) is 29.7 Å². The summed E-state index contributed by atoms with van der Waals surface area (Å²) in [6.07, 6.45) is 2.17. The highest BCUT2D eigenvalue weighted by Gasteiger charge is 2.04. The molecule has 0 atom stereocenters. The lowest BCUT2D eigenvalue weighted by Gasteiger charge is -2.04. The minimum atomic E-state index is 0.00539. The maximum absolute atomic E-state index is 11.7. The Labute approximate surface area is 110 Å². The van der Waals surface area contributed by atoms with E-state index in [0.29, 0.717) is 18.7 Å². The number of nitrogens with zero attached hydrogens (tertiary/aromatic N) is 1. The molecule has 3 N–H and O–H groups in total. The van der Waals surface area contributed by atoms with Crippen molar-refractivity contribution in [3.8, 4) is 0 Å². The number of hydrogen-bond acceptors (Lipinski definition) is 4. The number of nitrogens with one attached hydrogen (secondary N) is 1. The van der Waals surface area contributed by atoms with Crippen molar-refractivity contribution in [3.05, 3.63) is 45.9 Å². The monoisotopic (exact) mass is 261 g/mol. The molecule has 2 rings (SSSR count). The van der Waals surface area contributed by atoms with Crippen LogP contribution < -0.4 is 11.1 Å². The molecule has 0 fully saturated rings. The first-order valence-electron chi connectivity index (χ1n) is 5.66. The Hall–Kier alpha value is -1.88. The van der Waals surface area contributed by atoms with Gasteiger partial charge in [0.25, 0.3) is 0 Å². The summed E-state index contributed by atoms with van der Waals surface area (Å²) in [5.74, 6) is 0.00539. The zero-order valence-corrected chi connectivity index (χ0v) is 11.0. The average Bonchev–Trinajstić information content (AvgIpc) is 2.76. The van der Waals surface area contributed by atoms with Gasteiger partial charge in [0.15, 0.2) is 0 Å².